The van der Waals surface area contributed by atoms with Crippen LogP contribution in [0.1, 0.15) is 25.5 Å². The van der Waals surface area contributed by atoms with E-state index < -0.39 is 17.4 Å². The van der Waals surface area contributed by atoms with E-state index in [0.29, 0.717) is 22.1 Å². The van der Waals surface area contributed by atoms with Crippen LogP contribution >= 0.6 is 11.6 Å². The van der Waals surface area contributed by atoms with E-state index >= 15 is 0 Å². The first-order valence-corrected chi connectivity index (χ1v) is 6.18. The molecule has 2 rings (SSSR count). The van der Waals surface area contributed by atoms with E-state index in [0.717, 1.165) is 0 Å². The maximum Gasteiger partial charge on any atom is 0.313 e. The highest BCUT2D eigenvalue weighted by molar-refractivity contribution is 6.31. The van der Waals surface area contributed by atoms with Gasteiger partial charge in [-0.15, -0.1) is 0 Å². The van der Waals surface area contributed by atoms with Gasteiger partial charge in [-0.3, -0.25) is 4.79 Å². The number of carbonyl (C=O) groups is 1. The third kappa shape index (κ3) is 2.35. The number of rotatable bonds is 3. The first-order valence-electron chi connectivity index (χ1n) is 5.81. The lowest BCUT2D eigenvalue weighted by molar-refractivity contribution is -0.152. The first kappa shape index (κ1) is 14.0. The summed E-state index contributed by atoms with van der Waals surface area (Å²) in [5, 5.41) is 0.439. The molecule has 0 radical (unpaired) electrons. The van der Waals surface area contributed by atoms with Crippen LogP contribution in [0.5, 0.6) is 11.5 Å². The number of hydrogen-bond acceptors (Lipinski definition) is 5. The molecule has 1 aromatic carbocycles. The van der Waals surface area contributed by atoms with Gasteiger partial charge in [0, 0.05) is 17.1 Å². The molecule has 0 aliphatic carbocycles. The summed E-state index contributed by atoms with van der Waals surface area (Å²) in [6.07, 6.45) is 0. The topological polar surface area (TPSA) is 70.8 Å². The SMILES string of the molecule is COC(=O)C(C)(C)[C@@H](N)c1cc2c(cc1Cl)OCO2. The van der Waals surface area contributed by atoms with Crippen LogP contribution in [0.2, 0.25) is 5.02 Å². The number of benzene rings is 1. The Morgan fingerprint density at radius 1 is 1.42 bits per heavy atom. The van der Waals surface area contributed by atoms with Crippen molar-refractivity contribution in [2.24, 2.45) is 11.1 Å². The smallest absolute Gasteiger partial charge is 0.313 e. The van der Waals surface area contributed by atoms with Crippen molar-refractivity contribution < 1.29 is 19.0 Å². The van der Waals surface area contributed by atoms with Gasteiger partial charge >= 0.3 is 5.97 Å². The van der Waals surface area contributed by atoms with Gasteiger partial charge in [-0.1, -0.05) is 11.6 Å². The molecule has 0 amide bonds. The van der Waals surface area contributed by atoms with Crippen molar-refractivity contribution in [3.05, 3.63) is 22.7 Å². The highest BCUT2D eigenvalue weighted by Gasteiger charge is 2.38. The summed E-state index contributed by atoms with van der Waals surface area (Å²) in [7, 11) is 1.33. The fraction of sp³-hybridized carbons (Fsp3) is 0.462. The van der Waals surface area contributed by atoms with E-state index in [2.05, 4.69) is 0 Å². The number of hydrogen-bond donors (Lipinski definition) is 1. The number of halogens is 1. The standard InChI is InChI=1S/C13H16ClNO4/c1-13(2,12(16)17-3)11(15)7-4-9-10(5-8(7)14)19-6-18-9/h4-5,11H,6,15H2,1-3H3/t11-/m0/s1. The van der Waals surface area contributed by atoms with Gasteiger partial charge in [0.1, 0.15) is 0 Å². The predicted molar refractivity (Wildman–Crippen MR) is 70.3 cm³/mol. The summed E-state index contributed by atoms with van der Waals surface area (Å²) in [6.45, 7) is 3.58. The molecular formula is C13H16ClNO4. The van der Waals surface area contributed by atoms with E-state index in [1.165, 1.54) is 7.11 Å². The van der Waals surface area contributed by atoms with Crippen molar-refractivity contribution in [1.29, 1.82) is 0 Å². The summed E-state index contributed by atoms with van der Waals surface area (Å²) in [6, 6.07) is 2.74. The van der Waals surface area contributed by atoms with Crippen LogP contribution in [0, 0.1) is 5.41 Å². The fourth-order valence-electron chi connectivity index (χ4n) is 1.95. The van der Waals surface area contributed by atoms with Gasteiger partial charge in [-0.25, -0.2) is 0 Å². The van der Waals surface area contributed by atoms with Crippen molar-refractivity contribution in [1.82, 2.24) is 0 Å². The minimum atomic E-state index is -0.897. The lowest BCUT2D eigenvalue weighted by Gasteiger charge is -2.29. The third-order valence-electron chi connectivity index (χ3n) is 3.32. The lowest BCUT2D eigenvalue weighted by Crippen LogP contribution is -2.37. The molecule has 0 unspecified atom stereocenters. The average molecular weight is 286 g/mol. The second-order valence-electron chi connectivity index (χ2n) is 4.92. The summed E-state index contributed by atoms with van der Waals surface area (Å²) < 4.78 is 15.3. The van der Waals surface area contributed by atoms with Crippen LogP contribution in [-0.4, -0.2) is 19.9 Å². The van der Waals surface area contributed by atoms with Crippen LogP contribution in [0.25, 0.3) is 0 Å². The molecule has 1 heterocycles. The van der Waals surface area contributed by atoms with Crippen molar-refractivity contribution in [3.8, 4) is 11.5 Å². The van der Waals surface area contributed by atoms with Crippen molar-refractivity contribution in [2.45, 2.75) is 19.9 Å². The van der Waals surface area contributed by atoms with Gasteiger partial charge in [-0.05, 0) is 25.5 Å². The molecular weight excluding hydrogens is 270 g/mol. The van der Waals surface area contributed by atoms with Crippen LogP contribution < -0.4 is 15.2 Å². The van der Waals surface area contributed by atoms with Crippen LogP contribution in [0.15, 0.2) is 12.1 Å². The second-order valence-corrected chi connectivity index (χ2v) is 5.33. The molecule has 5 nitrogen and oxygen atoms in total. The fourth-order valence-corrected chi connectivity index (χ4v) is 2.22. The largest absolute Gasteiger partial charge is 0.469 e. The zero-order valence-corrected chi connectivity index (χ0v) is 11.8. The Labute approximate surface area is 116 Å². The molecule has 0 fully saturated rings. The monoisotopic (exact) mass is 285 g/mol. The molecule has 1 aliphatic rings. The Hall–Kier alpha value is -1.46. The highest BCUT2D eigenvalue weighted by Crippen LogP contribution is 2.42. The molecule has 1 aliphatic heterocycles. The van der Waals surface area contributed by atoms with E-state index in [1.807, 2.05) is 0 Å². The molecule has 19 heavy (non-hydrogen) atoms. The van der Waals surface area contributed by atoms with E-state index in [4.69, 9.17) is 31.5 Å². The zero-order valence-electron chi connectivity index (χ0n) is 11.0. The number of nitrogens with two attached hydrogens (primary N) is 1. The van der Waals surface area contributed by atoms with Gasteiger partial charge in [0.25, 0.3) is 0 Å². The zero-order chi connectivity index (χ0) is 14.2. The quantitative estimate of drug-likeness (QED) is 0.863. The molecule has 104 valence electrons. The minimum Gasteiger partial charge on any atom is -0.469 e. The third-order valence-corrected chi connectivity index (χ3v) is 3.64. The molecule has 0 bridgehead atoms. The second kappa shape index (κ2) is 4.90. The van der Waals surface area contributed by atoms with E-state index in [1.54, 1.807) is 26.0 Å². The van der Waals surface area contributed by atoms with Crippen LogP contribution in [-0.2, 0) is 9.53 Å². The highest BCUT2D eigenvalue weighted by atomic mass is 35.5. The summed E-state index contributed by atoms with van der Waals surface area (Å²) >= 11 is 6.19. The molecule has 1 aromatic rings. The maximum atomic E-state index is 11.8. The van der Waals surface area contributed by atoms with Crippen molar-refractivity contribution in [2.75, 3.05) is 13.9 Å². The molecule has 0 saturated carbocycles. The molecule has 2 N–H and O–H groups in total. The Kier molecular flexibility index (Phi) is 3.60. The van der Waals surface area contributed by atoms with Crippen molar-refractivity contribution in [3.63, 3.8) is 0 Å². The summed E-state index contributed by atoms with van der Waals surface area (Å²) in [4.78, 5) is 11.8. The number of esters is 1. The average Bonchev–Trinajstić information content (AvgIpc) is 2.82. The predicted octanol–water partition coefficient (Wildman–Crippen LogP) is 2.27. The normalized spacial score (nSPS) is 15.2. The maximum absolute atomic E-state index is 11.8. The number of ether oxygens (including phenoxy) is 3. The lowest BCUT2D eigenvalue weighted by atomic mass is 9.81. The molecule has 6 heteroatoms. The molecule has 0 aromatic heterocycles. The van der Waals surface area contributed by atoms with E-state index in [-0.39, 0.29) is 6.79 Å². The summed E-state index contributed by atoms with van der Waals surface area (Å²) in [5.41, 5.74) is 5.89. The van der Waals surface area contributed by atoms with Crippen LogP contribution in [0.3, 0.4) is 0 Å². The minimum absolute atomic E-state index is 0.157. The van der Waals surface area contributed by atoms with Crippen molar-refractivity contribution >= 4 is 17.6 Å². The van der Waals surface area contributed by atoms with Gasteiger partial charge in [-0.2, -0.15) is 0 Å². The summed E-state index contributed by atoms with van der Waals surface area (Å²) in [5.74, 6) is 0.765. The van der Waals surface area contributed by atoms with Gasteiger partial charge < -0.3 is 19.9 Å². The van der Waals surface area contributed by atoms with E-state index in [9.17, 15) is 4.79 Å². The van der Waals surface area contributed by atoms with Gasteiger partial charge in [0.2, 0.25) is 6.79 Å². The molecule has 1 atom stereocenters. The Morgan fingerprint density at radius 3 is 2.58 bits per heavy atom. The van der Waals surface area contributed by atoms with Gasteiger partial charge in [0.05, 0.1) is 12.5 Å². The first-order chi connectivity index (χ1) is 8.87. The number of methoxy groups -OCH3 is 1. The van der Waals surface area contributed by atoms with Crippen LogP contribution in [0.4, 0.5) is 0 Å². The Morgan fingerprint density at radius 2 is 2.00 bits per heavy atom. The molecule has 0 spiro atoms. The number of fused-ring (bicyclic) bond motifs is 1. The van der Waals surface area contributed by atoms with Gasteiger partial charge in [0.15, 0.2) is 11.5 Å². The number of carbonyl (C=O) groups excluding carboxylic acids is 1. The molecule has 0 saturated heterocycles. The Balaban J connectivity index is 2.39. The Bertz CT molecular complexity index is 516.